The number of hydrogen-bond acceptors (Lipinski definition) is 3. The maximum absolute atomic E-state index is 11.7. The molecule has 2 aromatic carbocycles. The molecule has 25 heavy (non-hydrogen) atoms. The van der Waals surface area contributed by atoms with E-state index in [1.807, 2.05) is 42.5 Å². The van der Waals surface area contributed by atoms with Crippen molar-refractivity contribution in [1.29, 1.82) is 0 Å². The summed E-state index contributed by atoms with van der Waals surface area (Å²) in [7, 11) is 0. The van der Waals surface area contributed by atoms with E-state index < -0.39 is 11.8 Å². The molecule has 2 rings (SSSR count). The normalized spacial score (nSPS) is 10.6. The Morgan fingerprint density at radius 2 is 1.80 bits per heavy atom. The molecule has 5 nitrogen and oxygen atoms in total. The Balaban J connectivity index is 1.75. The van der Waals surface area contributed by atoms with Crippen LogP contribution in [0.25, 0.3) is 0 Å². The second-order valence-electron chi connectivity index (χ2n) is 5.39. The lowest BCUT2D eigenvalue weighted by atomic mass is 10.1. The average molecular weight is 358 g/mol. The summed E-state index contributed by atoms with van der Waals surface area (Å²) < 4.78 is 0. The summed E-state index contributed by atoms with van der Waals surface area (Å²) in [5, 5.41) is 6.97. The third kappa shape index (κ3) is 6.04. The Morgan fingerprint density at radius 1 is 1.08 bits per heavy atom. The maximum atomic E-state index is 11.7. The minimum atomic E-state index is -0.805. The van der Waals surface area contributed by atoms with Gasteiger partial charge in [-0.3, -0.25) is 9.59 Å². The van der Waals surface area contributed by atoms with Crippen LogP contribution < -0.4 is 10.7 Å². The molecule has 0 fully saturated rings. The van der Waals surface area contributed by atoms with Gasteiger partial charge in [0.2, 0.25) is 0 Å². The van der Waals surface area contributed by atoms with Crippen LogP contribution in [0.3, 0.4) is 0 Å². The van der Waals surface area contributed by atoms with Crippen LogP contribution in [0.5, 0.6) is 0 Å². The van der Waals surface area contributed by atoms with Gasteiger partial charge in [0.1, 0.15) is 0 Å². The third-order valence-corrected chi connectivity index (χ3v) is 3.98. The van der Waals surface area contributed by atoms with Gasteiger partial charge in [0.15, 0.2) is 0 Å². The van der Waals surface area contributed by atoms with Crippen LogP contribution in [-0.4, -0.2) is 24.6 Å². The number of benzene rings is 2. The predicted molar refractivity (Wildman–Crippen MR) is 99.7 cm³/mol. The molecule has 0 radical (unpaired) electrons. The maximum Gasteiger partial charge on any atom is 0.329 e. The van der Waals surface area contributed by atoms with Gasteiger partial charge in [-0.2, -0.15) is 5.10 Å². The number of carbonyl (C=O) groups excluding carboxylic acids is 2. The molecular weight excluding hydrogens is 338 g/mol. The van der Waals surface area contributed by atoms with E-state index in [1.54, 1.807) is 6.07 Å². The van der Waals surface area contributed by atoms with Gasteiger partial charge in [-0.15, -0.1) is 0 Å². The van der Waals surface area contributed by atoms with Crippen LogP contribution >= 0.6 is 11.6 Å². The fraction of sp³-hybridized carbons (Fsp3) is 0.211. The second kappa shape index (κ2) is 9.59. The van der Waals surface area contributed by atoms with Crippen LogP contribution in [0, 0.1) is 0 Å². The molecule has 6 heteroatoms. The summed E-state index contributed by atoms with van der Waals surface area (Å²) >= 11 is 6.04. The van der Waals surface area contributed by atoms with Crippen molar-refractivity contribution in [3.05, 3.63) is 70.2 Å². The Hall–Kier alpha value is -2.66. The summed E-state index contributed by atoms with van der Waals surface area (Å²) in [4.78, 5) is 23.4. The second-order valence-corrected chi connectivity index (χ2v) is 5.80. The molecule has 0 saturated heterocycles. The molecule has 2 amide bonds. The summed E-state index contributed by atoms with van der Waals surface area (Å²) in [6, 6.07) is 15.2. The van der Waals surface area contributed by atoms with Crippen LogP contribution in [0.2, 0.25) is 5.02 Å². The van der Waals surface area contributed by atoms with E-state index in [-0.39, 0.29) is 0 Å². The van der Waals surface area contributed by atoms with Crippen LogP contribution in [0.4, 0.5) is 0 Å². The van der Waals surface area contributed by atoms with Gasteiger partial charge in [-0.1, -0.05) is 61.0 Å². The molecule has 0 bridgehead atoms. The molecule has 0 aromatic heterocycles. The Morgan fingerprint density at radius 3 is 2.48 bits per heavy atom. The highest BCUT2D eigenvalue weighted by Crippen LogP contribution is 2.14. The summed E-state index contributed by atoms with van der Waals surface area (Å²) in [6.45, 7) is 2.39. The number of nitrogens with one attached hydrogen (secondary N) is 2. The molecule has 0 saturated carbocycles. The molecule has 2 aromatic rings. The minimum Gasteiger partial charge on any atom is -0.347 e. The van der Waals surface area contributed by atoms with E-state index in [0.717, 1.165) is 17.5 Å². The molecule has 0 spiro atoms. The molecule has 0 heterocycles. The topological polar surface area (TPSA) is 70.6 Å². The molecule has 0 aliphatic carbocycles. The van der Waals surface area contributed by atoms with Gasteiger partial charge in [0.25, 0.3) is 0 Å². The van der Waals surface area contributed by atoms with Crippen molar-refractivity contribution < 1.29 is 9.59 Å². The van der Waals surface area contributed by atoms with Crippen molar-refractivity contribution in [2.75, 3.05) is 6.54 Å². The standard InChI is InChI=1S/C19H20ClN3O2/c1-2-14-7-9-15(10-8-14)13-22-23-19(25)18(24)21-12-11-16-5-3-4-6-17(16)20/h3-10,13H,2,11-12H2,1H3,(H,21,24)(H,23,25)/b22-13+. The molecule has 2 N–H and O–H groups in total. The van der Waals surface area contributed by atoms with Gasteiger partial charge in [-0.05, 0) is 35.6 Å². The first-order valence-electron chi connectivity index (χ1n) is 8.03. The fourth-order valence-corrected chi connectivity index (χ4v) is 2.38. The van der Waals surface area contributed by atoms with E-state index in [2.05, 4.69) is 22.8 Å². The largest absolute Gasteiger partial charge is 0.347 e. The van der Waals surface area contributed by atoms with E-state index >= 15 is 0 Å². The summed E-state index contributed by atoms with van der Waals surface area (Å²) in [5.41, 5.74) is 5.19. The van der Waals surface area contributed by atoms with Gasteiger partial charge < -0.3 is 5.32 Å². The average Bonchev–Trinajstić information content (AvgIpc) is 2.63. The number of rotatable bonds is 6. The quantitative estimate of drug-likeness (QED) is 0.474. The number of nitrogens with zero attached hydrogens (tertiary/aromatic N) is 1. The van der Waals surface area contributed by atoms with Gasteiger partial charge >= 0.3 is 11.8 Å². The van der Waals surface area contributed by atoms with Crippen molar-refractivity contribution in [3.63, 3.8) is 0 Å². The smallest absolute Gasteiger partial charge is 0.329 e. The van der Waals surface area contributed by atoms with Crippen LogP contribution in [0.1, 0.15) is 23.6 Å². The number of amides is 2. The van der Waals surface area contributed by atoms with E-state index in [1.165, 1.54) is 11.8 Å². The van der Waals surface area contributed by atoms with Gasteiger partial charge in [-0.25, -0.2) is 5.43 Å². The first kappa shape index (κ1) is 18.7. The SMILES string of the molecule is CCc1ccc(/C=N/NC(=O)C(=O)NCCc2ccccc2Cl)cc1. The monoisotopic (exact) mass is 357 g/mol. The van der Waals surface area contributed by atoms with Crippen molar-refractivity contribution in [2.24, 2.45) is 5.10 Å². The number of halogens is 1. The molecule has 0 atom stereocenters. The lowest BCUT2D eigenvalue weighted by Gasteiger charge is -2.05. The summed E-state index contributed by atoms with van der Waals surface area (Å²) in [6.07, 6.45) is 3.00. The number of hydrogen-bond donors (Lipinski definition) is 2. The zero-order valence-electron chi connectivity index (χ0n) is 14.0. The highest BCUT2D eigenvalue weighted by atomic mass is 35.5. The lowest BCUT2D eigenvalue weighted by Crippen LogP contribution is -2.38. The minimum absolute atomic E-state index is 0.318. The zero-order chi connectivity index (χ0) is 18.1. The van der Waals surface area contributed by atoms with Crippen LogP contribution in [-0.2, 0) is 22.4 Å². The zero-order valence-corrected chi connectivity index (χ0v) is 14.7. The first-order chi connectivity index (χ1) is 12.1. The van der Waals surface area contributed by atoms with E-state index in [4.69, 9.17) is 11.6 Å². The fourth-order valence-electron chi connectivity index (χ4n) is 2.15. The van der Waals surface area contributed by atoms with Crippen molar-refractivity contribution >= 4 is 29.6 Å². The number of aryl methyl sites for hydroxylation is 1. The predicted octanol–water partition coefficient (Wildman–Crippen LogP) is 2.71. The third-order valence-electron chi connectivity index (χ3n) is 3.61. The number of hydrazone groups is 1. The van der Waals surface area contributed by atoms with E-state index in [0.29, 0.717) is 18.0 Å². The Bertz CT molecular complexity index is 758. The van der Waals surface area contributed by atoms with Crippen LogP contribution in [0.15, 0.2) is 53.6 Å². The Kier molecular flexibility index (Phi) is 7.16. The van der Waals surface area contributed by atoms with Gasteiger partial charge in [0, 0.05) is 11.6 Å². The molecule has 0 aliphatic rings. The van der Waals surface area contributed by atoms with Crippen molar-refractivity contribution in [3.8, 4) is 0 Å². The first-order valence-corrected chi connectivity index (χ1v) is 8.41. The molecule has 0 unspecified atom stereocenters. The van der Waals surface area contributed by atoms with Crippen molar-refractivity contribution in [1.82, 2.24) is 10.7 Å². The lowest BCUT2D eigenvalue weighted by molar-refractivity contribution is -0.139. The Labute approximate surface area is 152 Å². The van der Waals surface area contributed by atoms with Gasteiger partial charge in [0.05, 0.1) is 6.21 Å². The van der Waals surface area contributed by atoms with Crippen molar-refractivity contribution in [2.45, 2.75) is 19.8 Å². The number of carbonyl (C=O) groups is 2. The van der Waals surface area contributed by atoms with E-state index in [9.17, 15) is 9.59 Å². The highest BCUT2D eigenvalue weighted by molar-refractivity contribution is 6.35. The molecular formula is C19H20ClN3O2. The molecule has 0 aliphatic heterocycles. The molecule has 130 valence electrons. The highest BCUT2D eigenvalue weighted by Gasteiger charge is 2.11. The summed E-state index contributed by atoms with van der Waals surface area (Å²) in [5.74, 6) is -1.54.